The van der Waals surface area contributed by atoms with E-state index in [2.05, 4.69) is 0 Å². The van der Waals surface area contributed by atoms with Gasteiger partial charge in [-0.1, -0.05) is 36.4 Å². The van der Waals surface area contributed by atoms with Gasteiger partial charge in [0.2, 0.25) is 0 Å². The number of aliphatic hydroxyl groups is 1. The van der Waals surface area contributed by atoms with E-state index in [9.17, 15) is 19.8 Å². The summed E-state index contributed by atoms with van der Waals surface area (Å²) in [5.41, 5.74) is 0.918. The lowest BCUT2D eigenvalue weighted by Crippen LogP contribution is -2.36. The molecule has 2 aromatic carbocycles. The molecule has 10 heteroatoms. The van der Waals surface area contributed by atoms with Crippen molar-refractivity contribution in [3.8, 4) is 11.5 Å². The molecule has 0 spiro atoms. The van der Waals surface area contributed by atoms with Crippen molar-refractivity contribution in [2.45, 2.75) is 70.4 Å². The quantitative estimate of drug-likeness (QED) is 0.230. The van der Waals surface area contributed by atoms with Gasteiger partial charge in [0.05, 0.1) is 51.3 Å². The molecule has 4 atom stereocenters. The SMILES string of the molecule is COC(=O)c1cc(OC)cc(C=CC[C@@H]2OC(C)(C)O[C@@H]2C(C=CC[C@H](C)O)OCc2ccc(OC)cc2)c1C(=O)O. The average Bonchev–Trinajstić information content (AvgIpc) is 3.27. The number of carbonyl (C=O) groups excluding carboxylic acids is 1. The van der Waals surface area contributed by atoms with Gasteiger partial charge >= 0.3 is 11.9 Å². The molecule has 0 radical (unpaired) electrons. The van der Waals surface area contributed by atoms with Gasteiger partial charge in [-0.3, -0.25) is 0 Å². The molecule has 1 heterocycles. The molecule has 0 amide bonds. The first-order valence-electron chi connectivity index (χ1n) is 13.6. The van der Waals surface area contributed by atoms with Crippen molar-refractivity contribution in [1.29, 1.82) is 0 Å². The lowest BCUT2D eigenvalue weighted by molar-refractivity contribution is -0.156. The maximum absolute atomic E-state index is 12.3. The summed E-state index contributed by atoms with van der Waals surface area (Å²) >= 11 is 0. The van der Waals surface area contributed by atoms with Crippen molar-refractivity contribution >= 4 is 18.0 Å². The third kappa shape index (κ3) is 8.90. The average molecular weight is 585 g/mol. The molecule has 1 aliphatic rings. The minimum absolute atomic E-state index is 0.112. The molecule has 2 aromatic rings. The number of rotatable bonds is 14. The van der Waals surface area contributed by atoms with Gasteiger partial charge < -0.3 is 38.6 Å². The van der Waals surface area contributed by atoms with Crippen LogP contribution in [-0.4, -0.2) is 73.7 Å². The number of carboxylic acid groups (broad SMARTS) is 1. The highest BCUT2D eigenvalue weighted by Gasteiger charge is 2.44. The van der Waals surface area contributed by atoms with Crippen molar-refractivity contribution in [2.75, 3.05) is 21.3 Å². The van der Waals surface area contributed by atoms with Crippen molar-refractivity contribution in [1.82, 2.24) is 0 Å². The third-order valence-corrected chi connectivity index (χ3v) is 6.61. The predicted octanol–water partition coefficient (Wildman–Crippen LogP) is 5.02. The van der Waals surface area contributed by atoms with Crippen LogP contribution in [0.2, 0.25) is 0 Å². The Bertz CT molecular complexity index is 1260. The third-order valence-electron chi connectivity index (χ3n) is 6.61. The second-order valence-corrected chi connectivity index (χ2v) is 10.3. The Morgan fingerprint density at radius 1 is 1.02 bits per heavy atom. The van der Waals surface area contributed by atoms with Gasteiger partial charge in [0.1, 0.15) is 23.7 Å². The Kier molecular flexibility index (Phi) is 11.7. The zero-order valence-electron chi connectivity index (χ0n) is 24.9. The number of carboxylic acids is 1. The zero-order valence-corrected chi connectivity index (χ0v) is 24.9. The van der Waals surface area contributed by atoms with Gasteiger partial charge in [0.25, 0.3) is 0 Å². The topological polar surface area (TPSA) is 130 Å². The van der Waals surface area contributed by atoms with Crippen LogP contribution in [0, 0.1) is 0 Å². The minimum Gasteiger partial charge on any atom is -0.497 e. The summed E-state index contributed by atoms with van der Waals surface area (Å²) in [6, 6.07) is 10.4. The van der Waals surface area contributed by atoms with E-state index in [1.165, 1.54) is 20.3 Å². The molecule has 228 valence electrons. The van der Waals surface area contributed by atoms with Crippen molar-refractivity contribution in [3.05, 3.63) is 76.9 Å². The first kappa shape index (κ1) is 32.8. The number of carbonyl (C=O) groups is 2. The van der Waals surface area contributed by atoms with Crippen LogP contribution in [0.25, 0.3) is 6.08 Å². The van der Waals surface area contributed by atoms with Crippen LogP contribution in [0.4, 0.5) is 0 Å². The van der Waals surface area contributed by atoms with E-state index < -0.39 is 42.1 Å². The number of ether oxygens (including phenoxy) is 6. The van der Waals surface area contributed by atoms with E-state index in [4.69, 9.17) is 28.4 Å². The molecule has 3 rings (SSSR count). The number of aliphatic hydroxyl groups excluding tert-OH is 1. The molecule has 1 aliphatic heterocycles. The Labute approximate surface area is 246 Å². The van der Waals surface area contributed by atoms with Gasteiger partial charge in [-0.2, -0.15) is 0 Å². The number of hydrogen-bond donors (Lipinski definition) is 2. The van der Waals surface area contributed by atoms with Gasteiger partial charge in [-0.15, -0.1) is 0 Å². The van der Waals surface area contributed by atoms with E-state index >= 15 is 0 Å². The Balaban J connectivity index is 1.87. The van der Waals surface area contributed by atoms with Crippen molar-refractivity contribution in [3.63, 3.8) is 0 Å². The maximum Gasteiger partial charge on any atom is 0.338 e. The summed E-state index contributed by atoms with van der Waals surface area (Å²) < 4.78 is 34.1. The highest BCUT2D eigenvalue weighted by molar-refractivity contribution is 6.05. The number of aromatic carboxylic acids is 1. The monoisotopic (exact) mass is 584 g/mol. The van der Waals surface area contributed by atoms with Crippen LogP contribution < -0.4 is 9.47 Å². The summed E-state index contributed by atoms with van der Waals surface area (Å²) in [6.45, 7) is 5.64. The first-order valence-corrected chi connectivity index (χ1v) is 13.6. The van der Waals surface area contributed by atoms with Gasteiger partial charge in [0.15, 0.2) is 5.79 Å². The number of esters is 1. The lowest BCUT2D eigenvalue weighted by Gasteiger charge is -2.24. The summed E-state index contributed by atoms with van der Waals surface area (Å²) in [6.07, 6.45) is 5.92. The van der Waals surface area contributed by atoms with Gasteiger partial charge in [-0.05, 0) is 69.0 Å². The van der Waals surface area contributed by atoms with E-state index in [1.807, 2.05) is 50.3 Å². The van der Waals surface area contributed by atoms with E-state index in [-0.39, 0.29) is 16.7 Å². The molecule has 2 N–H and O–H groups in total. The predicted molar refractivity (Wildman–Crippen MR) is 156 cm³/mol. The standard InChI is InChI=1S/C32H40O10/c1-20(33)9-7-11-26(40-19-21-13-15-23(37-4)16-14-21)29-27(41-32(2,3)42-29)12-8-10-22-17-24(38-5)18-25(31(36)39-6)28(22)30(34)35/h7-8,10-11,13-18,20,26-27,29,33H,9,12,19H2,1-6H3,(H,34,35)/t20-,26?,27-,29+/m0/s1. The fourth-order valence-corrected chi connectivity index (χ4v) is 4.63. The Morgan fingerprint density at radius 3 is 2.31 bits per heavy atom. The molecule has 10 nitrogen and oxygen atoms in total. The van der Waals surface area contributed by atoms with Crippen LogP contribution in [0.15, 0.2) is 54.6 Å². The highest BCUT2D eigenvalue weighted by atomic mass is 16.8. The van der Waals surface area contributed by atoms with E-state index in [1.54, 1.807) is 32.3 Å². The zero-order chi connectivity index (χ0) is 30.9. The van der Waals surface area contributed by atoms with Crippen LogP contribution in [0.3, 0.4) is 0 Å². The van der Waals surface area contributed by atoms with Crippen molar-refractivity contribution in [2.24, 2.45) is 0 Å². The van der Waals surface area contributed by atoms with Crippen LogP contribution in [-0.2, 0) is 25.6 Å². The van der Waals surface area contributed by atoms with Crippen molar-refractivity contribution < 1.29 is 48.2 Å². The Morgan fingerprint density at radius 2 is 1.71 bits per heavy atom. The first-order chi connectivity index (χ1) is 20.0. The van der Waals surface area contributed by atoms with E-state index in [0.29, 0.717) is 25.2 Å². The molecule has 1 saturated heterocycles. The number of benzene rings is 2. The second kappa shape index (κ2) is 15.0. The van der Waals surface area contributed by atoms with E-state index in [0.717, 1.165) is 11.3 Å². The second-order valence-electron chi connectivity index (χ2n) is 10.3. The summed E-state index contributed by atoms with van der Waals surface area (Å²) in [5.74, 6) is -1.89. The largest absolute Gasteiger partial charge is 0.497 e. The lowest BCUT2D eigenvalue weighted by atomic mass is 9.98. The summed E-state index contributed by atoms with van der Waals surface area (Å²) in [5, 5.41) is 19.6. The fourth-order valence-electron chi connectivity index (χ4n) is 4.63. The molecular formula is C32H40O10. The number of hydrogen-bond acceptors (Lipinski definition) is 9. The minimum atomic E-state index is -1.27. The molecular weight excluding hydrogens is 544 g/mol. The van der Waals surface area contributed by atoms with Crippen LogP contribution in [0.1, 0.15) is 65.5 Å². The van der Waals surface area contributed by atoms with Gasteiger partial charge in [-0.25, -0.2) is 9.59 Å². The molecule has 1 fully saturated rings. The Hall–Kier alpha value is -3.70. The fraction of sp³-hybridized carbons (Fsp3) is 0.438. The highest BCUT2D eigenvalue weighted by Crippen LogP contribution is 2.34. The normalized spacial score (nSPS) is 19.6. The number of methoxy groups -OCH3 is 3. The molecule has 0 aromatic heterocycles. The van der Waals surface area contributed by atoms with Crippen LogP contribution >= 0.6 is 0 Å². The van der Waals surface area contributed by atoms with Crippen LogP contribution in [0.5, 0.6) is 11.5 Å². The molecule has 0 aliphatic carbocycles. The maximum atomic E-state index is 12.3. The smallest absolute Gasteiger partial charge is 0.338 e. The molecule has 1 unspecified atom stereocenters. The summed E-state index contributed by atoms with van der Waals surface area (Å²) in [4.78, 5) is 24.4. The molecule has 0 saturated carbocycles. The van der Waals surface area contributed by atoms with Gasteiger partial charge in [0, 0.05) is 0 Å². The molecule has 0 bridgehead atoms. The summed E-state index contributed by atoms with van der Waals surface area (Å²) in [7, 11) is 4.22. The molecule has 42 heavy (non-hydrogen) atoms.